The second-order valence-electron chi connectivity index (χ2n) is 3.25. The Morgan fingerprint density at radius 3 is 2.62 bits per heavy atom. The molecule has 0 amide bonds. The number of aryl methyl sites for hydroxylation is 1. The highest BCUT2D eigenvalue weighted by atomic mass is 32.2. The lowest BCUT2D eigenvalue weighted by Crippen LogP contribution is -2.12. The Bertz CT molecular complexity index is 394. The highest BCUT2D eigenvalue weighted by Crippen LogP contribution is 2.29. The van der Waals surface area contributed by atoms with Crippen LogP contribution in [0.4, 0.5) is 0 Å². The number of ether oxygens (including phenoxy) is 1. The van der Waals surface area contributed by atoms with E-state index in [2.05, 4.69) is 0 Å². The van der Waals surface area contributed by atoms with Gasteiger partial charge in [-0.25, -0.2) is 0 Å². The molecule has 0 fully saturated rings. The van der Waals surface area contributed by atoms with Crippen molar-refractivity contribution in [2.75, 3.05) is 6.61 Å². The second-order valence-corrected chi connectivity index (χ2v) is 4.14. The van der Waals surface area contributed by atoms with E-state index >= 15 is 0 Å². The van der Waals surface area contributed by atoms with Crippen LogP contribution in [0, 0.1) is 17.6 Å². The van der Waals surface area contributed by atoms with Gasteiger partial charge in [-0.2, -0.15) is 5.26 Å². The van der Waals surface area contributed by atoms with E-state index in [0.29, 0.717) is 6.61 Å². The van der Waals surface area contributed by atoms with Crippen LogP contribution in [0.25, 0.3) is 0 Å². The number of hydrogen-bond donors (Lipinski definition) is 0. The van der Waals surface area contributed by atoms with Crippen LogP contribution >= 0.6 is 11.8 Å². The first-order valence-corrected chi connectivity index (χ1v) is 5.85. The van der Waals surface area contributed by atoms with Crippen molar-refractivity contribution in [3.05, 3.63) is 35.4 Å². The molecule has 0 aliphatic heterocycles. The third-order valence-electron chi connectivity index (χ3n) is 2.05. The van der Waals surface area contributed by atoms with Crippen molar-refractivity contribution < 1.29 is 9.53 Å². The maximum absolute atomic E-state index is 11.6. The highest BCUT2D eigenvalue weighted by Gasteiger charge is 2.22. The van der Waals surface area contributed by atoms with Gasteiger partial charge in [-0.15, -0.1) is 0 Å². The number of nitrogens with zero attached hydrogens (tertiary/aromatic N) is 1. The molecule has 0 bridgehead atoms. The SMILES string of the molecule is CCOC(=O)C(SC#N)c1ccc(C)cc1. The monoisotopic (exact) mass is 235 g/mol. The van der Waals surface area contributed by atoms with E-state index in [1.54, 1.807) is 6.92 Å². The molecule has 0 aromatic heterocycles. The minimum Gasteiger partial charge on any atom is -0.465 e. The second kappa shape index (κ2) is 6.19. The van der Waals surface area contributed by atoms with Crippen molar-refractivity contribution >= 4 is 17.7 Å². The molecule has 4 heteroatoms. The summed E-state index contributed by atoms with van der Waals surface area (Å²) in [5, 5.41) is 10.1. The van der Waals surface area contributed by atoms with Crippen LogP contribution in [0.1, 0.15) is 23.3 Å². The van der Waals surface area contributed by atoms with Gasteiger partial charge in [0, 0.05) is 0 Å². The minimum absolute atomic E-state index is 0.327. The fourth-order valence-corrected chi connectivity index (χ4v) is 1.83. The molecule has 0 radical (unpaired) electrons. The van der Waals surface area contributed by atoms with Gasteiger partial charge >= 0.3 is 5.97 Å². The zero-order chi connectivity index (χ0) is 12.0. The normalized spacial score (nSPS) is 11.6. The molecule has 0 heterocycles. The average molecular weight is 235 g/mol. The summed E-state index contributed by atoms with van der Waals surface area (Å²) in [6.07, 6.45) is 0. The molecule has 0 aliphatic rings. The molecular weight excluding hydrogens is 222 g/mol. The van der Waals surface area contributed by atoms with E-state index in [0.717, 1.165) is 22.9 Å². The van der Waals surface area contributed by atoms with Crippen molar-refractivity contribution in [1.82, 2.24) is 0 Å². The van der Waals surface area contributed by atoms with E-state index in [9.17, 15) is 4.79 Å². The number of carbonyl (C=O) groups is 1. The molecule has 1 aromatic carbocycles. The molecule has 0 aliphatic carbocycles. The number of thiocyanates is 1. The molecule has 0 N–H and O–H groups in total. The quantitative estimate of drug-likeness (QED) is 0.594. The maximum Gasteiger partial charge on any atom is 0.324 e. The first kappa shape index (κ1) is 12.6. The fraction of sp³-hybridized carbons (Fsp3) is 0.333. The first-order valence-electron chi connectivity index (χ1n) is 4.97. The lowest BCUT2D eigenvalue weighted by atomic mass is 10.1. The molecule has 3 nitrogen and oxygen atoms in total. The van der Waals surface area contributed by atoms with Crippen LogP contribution in [0.2, 0.25) is 0 Å². The maximum atomic E-state index is 11.6. The van der Waals surface area contributed by atoms with Crippen LogP contribution in [-0.2, 0) is 9.53 Å². The van der Waals surface area contributed by atoms with Gasteiger partial charge < -0.3 is 4.74 Å². The third-order valence-corrected chi connectivity index (χ3v) is 2.86. The minimum atomic E-state index is -0.550. The third kappa shape index (κ3) is 3.28. The van der Waals surface area contributed by atoms with Crippen molar-refractivity contribution in [2.24, 2.45) is 0 Å². The first-order chi connectivity index (χ1) is 7.69. The molecule has 1 unspecified atom stereocenters. The van der Waals surface area contributed by atoms with Gasteiger partial charge in [0.1, 0.15) is 10.7 Å². The number of rotatable bonds is 4. The Labute approximate surface area is 99.4 Å². The van der Waals surface area contributed by atoms with Gasteiger partial charge in [-0.1, -0.05) is 29.8 Å². The van der Waals surface area contributed by atoms with E-state index in [-0.39, 0.29) is 5.97 Å². The summed E-state index contributed by atoms with van der Waals surface area (Å²) in [7, 11) is 0. The molecular formula is C12H13NO2S. The van der Waals surface area contributed by atoms with E-state index < -0.39 is 5.25 Å². The highest BCUT2D eigenvalue weighted by molar-refractivity contribution is 8.04. The molecule has 1 atom stereocenters. The van der Waals surface area contributed by atoms with E-state index in [4.69, 9.17) is 10.00 Å². The molecule has 16 heavy (non-hydrogen) atoms. The van der Waals surface area contributed by atoms with Gasteiger partial charge in [0.2, 0.25) is 0 Å². The summed E-state index contributed by atoms with van der Waals surface area (Å²) < 4.78 is 4.93. The van der Waals surface area contributed by atoms with Crippen molar-refractivity contribution in [3.8, 4) is 5.40 Å². The van der Waals surface area contributed by atoms with Crippen molar-refractivity contribution in [2.45, 2.75) is 19.1 Å². The zero-order valence-corrected chi connectivity index (χ0v) is 10.1. The topological polar surface area (TPSA) is 50.1 Å². The lowest BCUT2D eigenvalue weighted by molar-refractivity contribution is -0.142. The summed E-state index contributed by atoms with van der Waals surface area (Å²) in [6.45, 7) is 4.05. The van der Waals surface area contributed by atoms with Crippen LogP contribution in [-0.4, -0.2) is 12.6 Å². The van der Waals surface area contributed by atoms with Crippen molar-refractivity contribution in [1.29, 1.82) is 5.26 Å². The Balaban J connectivity index is 2.89. The van der Waals surface area contributed by atoms with Crippen molar-refractivity contribution in [3.63, 3.8) is 0 Å². The number of esters is 1. The number of thioether (sulfide) groups is 1. The summed E-state index contributed by atoms with van der Waals surface area (Å²) >= 11 is 0.914. The van der Waals surface area contributed by atoms with Gasteiger partial charge in [-0.3, -0.25) is 4.79 Å². The average Bonchev–Trinajstić information content (AvgIpc) is 2.28. The number of nitriles is 1. The van der Waals surface area contributed by atoms with Crippen LogP contribution < -0.4 is 0 Å². The Morgan fingerprint density at radius 2 is 2.12 bits per heavy atom. The summed E-state index contributed by atoms with van der Waals surface area (Å²) in [4.78, 5) is 11.6. The Kier molecular flexibility index (Phi) is 4.87. The van der Waals surface area contributed by atoms with Crippen LogP contribution in [0.15, 0.2) is 24.3 Å². The molecule has 0 saturated carbocycles. The zero-order valence-electron chi connectivity index (χ0n) is 9.27. The lowest BCUT2D eigenvalue weighted by Gasteiger charge is -2.11. The Hall–Kier alpha value is -1.47. The van der Waals surface area contributed by atoms with Gasteiger partial charge in [0.25, 0.3) is 0 Å². The standard InChI is InChI=1S/C12H13NO2S/c1-3-15-12(14)11(16-8-13)10-6-4-9(2)5-7-10/h4-7,11H,3H2,1-2H3. The number of hydrogen-bond acceptors (Lipinski definition) is 4. The largest absolute Gasteiger partial charge is 0.465 e. The number of benzene rings is 1. The van der Waals surface area contributed by atoms with Crippen LogP contribution in [0.5, 0.6) is 0 Å². The Morgan fingerprint density at radius 1 is 1.50 bits per heavy atom. The molecule has 0 saturated heterocycles. The molecule has 84 valence electrons. The predicted molar refractivity (Wildman–Crippen MR) is 63.8 cm³/mol. The molecule has 1 rings (SSSR count). The smallest absolute Gasteiger partial charge is 0.324 e. The van der Waals surface area contributed by atoms with E-state index in [1.807, 2.05) is 36.6 Å². The van der Waals surface area contributed by atoms with E-state index in [1.165, 1.54) is 0 Å². The summed E-state index contributed by atoms with van der Waals surface area (Å²) in [5.74, 6) is -0.363. The van der Waals surface area contributed by atoms with Gasteiger partial charge in [-0.05, 0) is 31.2 Å². The molecule has 1 aromatic rings. The van der Waals surface area contributed by atoms with Gasteiger partial charge in [0.05, 0.1) is 6.61 Å². The fourth-order valence-electron chi connectivity index (χ4n) is 1.26. The predicted octanol–water partition coefficient (Wildman–Crippen LogP) is 2.81. The number of carbonyl (C=O) groups excluding carboxylic acids is 1. The summed E-state index contributed by atoms with van der Waals surface area (Å²) in [6, 6.07) is 7.53. The van der Waals surface area contributed by atoms with Gasteiger partial charge in [0.15, 0.2) is 0 Å². The summed E-state index contributed by atoms with van der Waals surface area (Å²) in [5.41, 5.74) is 1.92. The van der Waals surface area contributed by atoms with Crippen LogP contribution in [0.3, 0.4) is 0 Å². The molecule has 0 spiro atoms.